The van der Waals surface area contributed by atoms with E-state index in [9.17, 15) is 0 Å². The van der Waals surface area contributed by atoms with Crippen LogP contribution in [0.25, 0.3) is 0 Å². The van der Waals surface area contributed by atoms with E-state index < -0.39 is 0 Å². The lowest BCUT2D eigenvalue weighted by Gasteiger charge is -2.24. The summed E-state index contributed by atoms with van der Waals surface area (Å²) < 4.78 is 11.8. The van der Waals surface area contributed by atoms with E-state index in [0.717, 1.165) is 36.3 Å². The second-order valence-electron chi connectivity index (χ2n) is 5.25. The maximum absolute atomic E-state index is 8.67. The molecular formula is C17H23NO2. The predicted octanol–water partition coefficient (Wildman–Crippen LogP) is 4.25. The fraction of sp³-hybridized carbons (Fsp3) is 0.588. The van der Waals surface area contributed by atoms with Crippen LogP contribution in [0.5, 0.6) is 11.5 Å². The first-order valence-electron chi connectivity index (χ1n) is 7.62. The quantitative estimate of drug-likeness (QED) is 0.778. The van der Waals surface area contributed by atoms with Gasteiger partial charge >= 0.3 is 0 Å². The molecule has 0 bridgehead atoms. The van der Waals surface area contributed by atoms with Crippen molar-refractivity contribution in [2.45, 2.75) is 58.0 Å². The van der Waals surface area contributed by atoms with Gasteiger partial charge in [0.25, 0.3) is 0 Å². The molecule has 1 aliphatic rings. The monoisotopic (exact) mass is 273 g/mol. The van der Waals surface area contributed by atoms with E-state index in [-0.39, 0.29) is 0 Å². The SMILES string of the molecule is CCOc1cc(CCC#N)ccc1OC1CCCCC1. The number of aryl methyl sites for hydroxylation is 1. The Labute approximate surface area is 121 Å². The molecule has 0 N–H and O–H groups in total. The number of ether oxygens (including phenoxy) is 2. The molecule has 0 aliphatic heterocycles. The van der Waals surface area contributed by atoms with Crippen LogP contribution >= 0.6 is 0 Å². The Hall–Kier alpha value is -1.69. The number of nitrogens with zero attached hydrogens (tertiary/aromatic N) is 1. The Kier molecular flexibility index (Phi) is 5.73. The van der Waals surface area contributed by atoms with Crippen LogP contribution in [0.2, 0.25) is 0 Å². The average molecular weight is 273 g/mol. The lowest BCUT2D eigenvalue weighted by Crippen LogP contribution is -2.20. The summed E-state index contributed by atoms with van der Waals surface area (Å²) in [4.78, 5) is 0. The van der Waals surface area contributed by atoms with E-state index in [2.05, 4.69) is 6.07 Å². The van der Waals surface area contributed by atoms with Crippen molar-refractivity contribution in [3.8, 4) is 17.6 Å². The number of nitriles is 1. The lowest BCUT2D eigenvalue weighted by atomic mass is 9.98. The predicted molar refractivity (Wildman–Crippen MR) is 79.0 cm³/mol. The van der Waals surface area contributed by atoms with Gasteiger partial charge in [0.15, 0.2) is 11.5 Å². The molecular weight excluding hydrogens is 250 g/mol. The molecule has 0 aromatic heterocycles. The highest BCUT2D eigenvalue weighted by molar-refractivity contribution is 5.43. The molecule has 1 aliphatic carbocycles. The van der Waals surface area contributed by atoms with E-state index in [1.807, 2.05) is 25.1 Å². The van der Waals surface area contributed by atoms with Crippen molar-refractivity contribution >= 4 is 0 Å². The number of benzene rings is 1. The standard InChI is InChI=1S/C17H23NO2/c1-2-19-17-13-14(7-6-12-18)10-11-16(17)20-15-8-4-3-5-9-15/h10-11,13,15H,2-9H2,1H3. The highest BCUT2D eigenvalue weighted by Gasteiger charge is 2.17. The highest BCUT2D eigenvalue weighted by Crippen LogP contribution is 2.32. The van der Waals surface area contributed by atoms with Gasteiger partial charge < -0.3 is 9.47 Å². The van der Waals surface area contributed by atoms with Crippen LogP contribution in [0, 0.1) is 11.3 Å². The molecule has 0 amide bonds. The Morgan fingerprint density at radius 3 is 2.70 bits per heavy atom. The third-order valence-electron chi connectivity index (χ3n) is 3.68. The Morgan fingerprint density at radius 1 is 1.20 bits per heavy atom. The van der Waals surface area contributed by atoms with Crippen molar-refractivity contribution in [2.24, 2.45) is 0 Å². The van der Waals surface area contributed by atoms with Crippen LogP contribution in [0.1, 0.15) is 51.0 Å². The minimum atomic E-state index is 0.327. The molecule has 3 nitrogen and oxygen atoms in total. The summed E-state index contributed by atoms with van der Waals surface area (Å²) in [5.41, 5.74) is 1.13. The third-order valence-corrected chi connectivity index (χ3v) is 3.68. The van der Waals surface area contributed by atoms with Gasteiger partial charge in [-0.05, 0) is 56.7 Å². The molecule has 3 heteroatoms. The summed E-state index contributed by atoms with van der Waals surface area (Å²) in [6, 6.07) is 8.22. The van der Waals surface area contributed by atoms with Crippen LogP contribution < -0.4 is 9.47 Å². The zero-order chi connectivity index (χ0) is 14.2. The van der Waals surface area contributed by atoms with Gasteiger partial charge in [0, 0.05) is 6.42 Å². The topological polar surface area (TPSA) is 42.2 Å². The fourth-order valence-corrected chi connectivity index (χ4v) is 2.64. The van der Waals surface area contributed by atoms with Gasteiger partial charge in [0.1, 0.15) is 0 Å². The molecule has 108 valence electrons. The van der Waals surface area contributed by atoms with Gasteiger partial charge in [-0.1, -0.05) is 12.5 Å². The zero-order valence-electron chi connectivity index (χ0n) is 12.2. The van der Waals surface area contributed by atoms with E-state index >= 15 is 0 Å². The average Bonchev–Trinajstić information content (AvgIpc) is 2.49. The largest absolute Gasteiger partial charge is 0.490 e. The zero-order valence-corrected chi connectivity index (χ0v) is 12.2. The second-order valence-corrected chi connectivity index (χ2v) is 5.25. The van der Waals surface area contributed by atoms with Gasteiger partial charge in [0.2, 0.25) is 0 Å². The molecule has 0 saturated heterocycles. The fourth-order valence-electron chi connectivity index (χ4n) is 2.64. The minimum absolute atomic E-state index is 0.327. The van der Waals surface area contributed by atoms with Gasteiger partial charge in [0.05, 0.1) is 18.8 Å². The molecule has 1 fully saturated rings. The first kappa shape index (κ1) is 14.7. The van der Waals surface area contributed by atoms with Crippen LogP contribution in [0.15, 0.2) is 18.2 Å². The van der Waals surface area contributed by atoms with Gasteiger partial charge in [-0.2, -0.15) is 5.26 Å². The highest BCUT2D eigenvalue weighted by atomic mass is 16.5. The van der Waals surface area contributed by atoms with Gasteiger partial charge in [-0.15, -0.1) is 0 Å². The van der Waals surface area contributed by atoms with Gasteiger partial charge in [-0.3, -0.25) is 0 Å². The molecule has 0 atom stereocenters. The van der Waals surface area contributed by atoms with Gasteiger partial charge in [-0.25, -0.2) is 0 Å². The normalized spacial score (nSPS) is 15.6. The summed E-state index contributed by atoms with van der Waals surface area (Å²) >= 11 is 0. The van der Waals surface area contributed by atoms with E-state index in [0.29, 0.717) is 19.1 Å². The van der Waals surface area contributed by atoms with E-state index in [1.165, 1.54) is 19.3 Å². The summed E-state index contributed by atoms with van der Waals surface area (Å²) in [6.45, 7) is 2.61. The summed E-state index contributed by atoms with van der Waals surface area (Å²) in [5, 5.41) is 8.67. The molecule has 2 rings (SSSR count). The molecule has 0 radical (unpaired) electrons. The van der Waals surface area contributed by atoms with Crippen LogP contribution in [0.3, 0.4) is 0 Å². The molecule has 0 heterocycles. The summed E-state index contributed by atoms with van der Waals surface area (Å²) in [5.74, 6) is 1.66. The van der Waals surface area contributed by atoms with Crippen molar-refractivity contribution in [3.63, 3.8) is 0 Å². The second kappa shape index (κ2) is 7.79. The Balaban J connectivity index is 2.07. The molecule has 20 heavy (non-hydrogen) atoms. The van der Waals surface area contributed by atoms with Crippen LogP contribution in [0.4, 0.5) is 0 Å². The minimum Gasteiger partial charge on any atom is -0.490 e. The first-order valence-corrected chi connectivity index (χ1v) is 7.62. The van der Waals surface area contributed by atoms with Crippen LogP contribution in [-0.2, 0) is 6.42 Å². The maximum Gasteiger partial charge on any atom is 0.161 e. The molecule has 1 aromatic carbocycles. The maximum atomic E-state index is 8.67. The van der Waals surface area contributed by atoms with Crippen molar-refractivity contribution in [1.82, 2.24) is 0 Å². The molecule has 1 aromatic rings. The number of rotatable bonds is 6. The Morgan fingerprint density at radius 2 is 2.00 bits per heavy atom. The van der Waals surface area contributed by atoms with Crippen LogP contribution in [-0.4, -0.2) is 12.7 Å². The van der Waals surface area contributed by atoms with E-state index in [1.54, 1.807) is 0 Å². The molecule has 1 saturated carbocycles. The van der Waals surface area contributed by atoms with E-state index in [4.69, 9.17) is 14.7 Å². The van der Waals surface area contributed by atoms with Crippen molar-refractivity contribution < 1.29 is 9.47 Å². The third kappa shape index (κ3) is 4.16. The van der Waals surface area contributed by atoms with Crippen molar-refractivity contribution in [2.75, 3.05) is 6.61 Å². The van der Waals surface area contributed by atoms with Crippen molar-refractivity contribution in [1.29, 1.82) is 5.26 Å². The van der Waals surface area contributed by atoms with Crippen molar-refractivity contribution in [3.05, 3.63) is 23.8 Å². The Bertz CT molecular complexity index is 459. The number of hydrogen-bond acceptors (Lipinski definition) is 3. The lowest BCUT2D eigenvalue weighted by molar-refractivity contribution is 0.147. The summed E-state index contributed by atoms with van der Waals surface area (Å²) in [7, 11) is 0. The first-order chi connectivity index (χ1) is 9.83. The molecule has 0 spiro atoms. The smallest absolute Gasteiger partial charge is 0.161 e. The summed E-state index contributed by atoms with van der Waals surface area (Å²) in [6.07, 6.45) is 7.75. The molecule has 0 unspecified atom stereocenters. The number of hydrogen-bond donors (Lipinski definition) is 0.